The summed E-state index contributed by atoms with van der Waals surface area (Å²) in [6.07, 6.45) is 0. The van der Waals surface area contributed by atoms with Crippen LogP contribution in [0.4, 0.5) is 11.4 Å². The number of nitrogens with one attached hydrogen (secondary N) is 2. The molecule has 8 nitrogen and oxygen atoms in total. The molecule has 0 heterocycles. The van der Waals surface area contributed by atoms with E-state index in [4.69, 9.17) is 5.73 Å². The van der Waals surface area contributed by atoms with E-state index in [0.717, 1.165) is 6.07 Å². The van der Waals surface area contributed by atoms with Crippen molar-refractivity contribution in [1.29, 1.82) is 0 Å². The van der Waals surface area contributed by atoms with Gasteiger partial charge in [0, 0.05) is 25.2 Å². The minimum absolute atomic E-state index is 0.0866. The Hall–Kier alpha value is -1.71. The van der Waals surface area contributed by atoms with Gasteiger partial charge in [0.25, 0.3) is 15.9 Å². The summed E-state index contributed by atoms with van der Waals surface area (Å²) in [7, 11) is -3.76. The summed E-state index contributed by atoms with van der Waals surface area (Å²) < 4.78 is 27.5. The number of hydrogen-bond donors (Lipinski definition) is 3. The van der Waals surface area contributed by atoms with Crippen LogP contribution in [0.5, 0.6) is 0 Å². The number of aryl methyl sites for hydroxylation is 1. The molecule has 1 aromatic carbocycles. The van der Waals surface area contributed by atoms with Gasteiger partial charge >= 0.3 is 0 Å². The van der Waals surface area contributed by atoms with Crippen LogP contribution in [0, 0.1) is 17.0 Å². The second-order valence-electron chi connectivity index (χ2n) is 3.54. The molecule has 0 saturated carbocycles. The molecule has 1 aromatic rings. The third-order valence-corrected chi connectivity index (χ3v) is 3.19. The normalized spacial score (nSPS) is 11.2. The quantitative estimate of drug-likeness (QED) is 0.501. The van der Waals surface area contributed by atoms with Crippen LogP contribution in [0.2, 0.25) is 0 Å². The summed E-state index contributed by atoms with van der Waals surface area (Å²) in [6, 6.07) is 3.94. The monoisotopic (exact) mass is 274 g/mol. The Bertz CT molecular complexity index is 543. The van der Waals surface area contributed by atoms with Gasteiger partial charge in [-0.05, 0) is 12.5 Å². The molecule has 4 N–H and O–H groups in total. The average Bonchev–Trinajstić information content (AvgIpc) is 2.29. The summed E-state index contributed by atoms with van der Waals surface area (Å²) in [5, 5.41) is 10.6. The van der Waals surface area contributed by atoms with Crippen molar-refractivity contribution in [3.63, 3.8) is 0 Å². The van der Waals surface area contributed by atoms with Crippen LogP contribution >= 0.6 is 0 Å². The SMILES string of the molecule is Cc1ccc([N+](=O)[O-])cc1NS(=O)(=O)NCCN. The standard InChI is InChI=1S/C9H14N4O4S/c1-7-2-3-8(13(14)15)6-9(7)12-18(16,17)11-5-4-10/h2-3,6,11-12H,4-5,10H2,1H3. The molecule has 0 unspecified atom stereocenters. The maximum absolute atomic E-state index is 11.5. The van der Waals surface area contributed by atoms with E-state index in [-0.39, 0.29) is 24.5 Å². The molecular formula is C9H14N4O4S. The predicted molar refractivity (Wildman–Crippen MR) is 67.4 cm³/mol. The van der Waals surface area contributed by atoms with Crippen LogP contribution in [0.25, 0.3) is 0 Å². The lowest BCUT2D eigenvalue weighted by atomic mass is 10.2. The molecule has 9 heteroatoms. The van der Waals surface area contributed by atoms with E-state index in [9.17, 15) is 18.5 Å². The number of rotatable bonds is 6. The Labute approximate surface area is 105 Å². The van der Waals surface area contributed by atoms with Crippen molar-refractivity contribution in [1.82, 2.24) is 4.72 Å². The second kappa shape index (κ2) is 5.76. The van der Waals surface area contributed by atoms with Crippen molar-refractivity contribution in [3.05, 3.63) is 33.9 Å². The van der Waals surface area contributed by atoms with Crippen LogP contribution in [0.3, 0.4) is 0 Å². The Balaban J connectivity index is 2.96. The zero-order chi connectivity index (χ0) is 13.8. The maximum atomic E-state index is 11.5. The number of nitro groups is 1. The molecule has 0 aromatic heterocycles. The van der Waals surface area contributed by atoms with Gasteiger partial charge in [-0.1, -0.05) is 6.07 Å². The lowest BCUT2D eigenvalue weighted by molar-refractivity contribution is -0.384. The van der Waals surface area contributed by atoms with Gasteiger partial charge < -0.3 is 5.73 Å². The predicted octanol–water partition coefficient (Wildman–Crippen LogP) is 0.108. The first-order valence-electron chi connectivity index (χ1n) is 5.08. The molecular weight excluding hydrogens is 260 g/mol. The van der Waals surface area contributed by atoms with E-state index in [1.54, 1.807) is 6.92 Å². The van der Waals surface area contributed by atoms with Crippen LogP contribution in [0.15, 0.2) is 18.2 Å². The topological polar surface area (TPSA) is 127 Å². The summed E-state index contributed by atoms with van der Waals surface area (Å²) >= 11 is 0. The van der Waals surface area contributed by atoms with E-state index in [1.807, 2.05) is 0 Å². The van der Waals surface area contributed by atoms with Crippen molar-refractivity contribution in [3.8, 4) is 0 Å². The highest BCUT2D eigenvalue weighted by Gasteiger charge is 2.14. The zero-order valence-corrected chi connectivity index (χ0v) is 10.5. The molecule has 0 atom stereocenters. The largest absolute Gasteiger partial charge is 0.329 e. The fourth-order valence-electron chi connectivity index (χ4n) is 1.21. The zero-order valence-electron chi connectivity index (χ0n) is 9.71. The molecule has 0 amide bonds. The van der Waals surface area contributed by atoms with Crippen molar-refractivity contribution in [2.75, 3.05) is 17.8 Å². The summed E-state index contributed by atoms with van der Waals surface area (Å²) in [6.45, 7) is 1.89. The number of nitro benzene ring substituents is 1. The molecule has 0 spiro atoms. The third kappa shape index (κ3) is 3.95. The van der Waals surface area contributed by atoms with Crippen LogP contribution < -0.4 is 15.2 Å². The van der Waals surface area contributed by atoms with Crippen molar-refractivity contribution >= 4 is 21.6 Å². The fraction of sp³-hybridized carbons (Fsp3) is 0.333. The molecule has 100 valence electrons. The molecule has 18 heavy (non-hydrogen) atoms. The van der Waals surface area contributed by atoms with Gasteiger partial charge in [0.1, 0.15) is 0 Å². The highest BCUT2D eigenvalue weighted by Crippen LogP contribution is 2.22. The number of benzene rings is 1. The Kier molecular flexibility index (Phi) is 4.59. The molecule has 0 radical (unpaired) electrons. The number of non-ortho nitro benzene ring substituents is 1. The fourth-order valence-corrected chi connectivity index (χ4v) is 2.18. The second-order valence-corrected chi connectivity index (χ2v) is 5.04. The number of hydrogen-bond acceptors (Lipinski definition) is 5. The van der Waals surface area contributed by atoms with E-state index in [1.165, 1.54) is 12.1 Å². The first-order chi connectivity index (χ1) is 8.35. The van der Waals surface area contributed by atoms with Crippen molar-refractivity contribution in [2.24, 2.45) is 5.73 Å². The van der Waals surface area contributed by atoms with E-state index in [2.05, 4.69) is 9.44 Å². The first kappa shape index (κ1) is 14.4. The smallest absolute Gasteiger partial charge is 0.299 e. The Morgan fingerprint density at radius 2 is 2.11 bits per heavy atom. The molecule has 0 aliphatic rings. The molecule has 1 rings (SSSR count). The molecule has 0 fully saturated rings. The molecule has 0 aliphatic heterocycles. The van der Waals surface area contributed by atoms with Gasteiger partial charge in [0.05, 0.1) is 10.6 Å². The molecule has 0 saturated heterocycles. The van der Waals surface area contributed by atoms with E-state index in [0.29, 0.717) is 5.56 Å². The van der Waals surface area contributed by atoms with E-state index < -0.39 is 15.1 Å². The summed E-state index contributed by atoms with van der Waals surface area (Å²) in [5.41, 5.74) is 5.74. The van der Waals surface area contributed by atoms with Gasteiger partial charge in [-0.3, -0.25) is 14.8 Å². The highest BCUT2D eigenvalue weighted by atomic mass is 32.2. The molecule has 0 aliphatic carbocycles. The highest BCUT2D eigenvalue weighted by molar-refractivity contribution is 7.90. The van der Waals surface area contributed by atoms with Gasteiger partial charge in [-0.2, -0.15) is 13.1 Å². The van der Waals surface area contributed by atoms with Gasteiger partial charge in [-0.15, -0.1) is 0 Å². The lowest BCUT2D eigenvalue weighted by Gasteiger charge is -2.10. The van der Waals surface area contributed by atoms with Gasteiger partial charge in [0.2, 0.25) is 0 Å². The number of nitrogens with two attached hydrogens (primary N) is 1. The maximum Gasteiger partial charge on any atom is 0.299 e. The van der Waals surface area contributed by atoms with Crippen LogP contribution in [-0.2, 0) is 10.2 Å². The summed E-state index contributed by atoms with van der Waals surface area (Å²) in [5.74, 6) is 0. The van der Waals surface area contributed by atoms with Crippen LogP contribution in [-0.4, -0.2) is 26.4 Å². The van der Waals surface area contributed by atoms with Gasteiger partial charge in [0.15, 0.2) is 0 Å². The van der Waals surface area contributed by atoms with Crippen molar-refractivity contribution < 1.29 is 13.3 Å². The summed E-state index contributed by atoms with van der Waals surface area (Å²) in [4.78, 5) is 10.0. The first-order valence-corrected chi connectivity index (χ1v) is 6.56. The molecule has 0 bridgehead atoms. The average molecular weight is 274 g/mol. The van der Waals surface area contributed by atoms with E-state index >= 15 is 0 Å². The number of nitrogens with zero attached hydrogens (tertiary/aromatic N) is 1. The Morgan fingerprint density at radius 3 is 2.67 bits per heavy atom. The van der Waals surface area contributed by atoms with Crippen LogP contribution in [0.1, 0.15) is 5.56 Å². The minimum Gasteiger partial charge on any atom is -0.329 e. The minimum atomic E-state index is -3.76. The third-order valence-electron chi connectivity index (χ3n) is 2.11. The van der Waals surface area contributed by atoms with Crippen molar-refractivity contribution in [2.45, 2.75) is 6.92 Å². The van der Waals surface area contributed by atoms with Gasteiger partial charge in [-0.25, -0.2) is 0 Å². The Morgan fingerprint density at radius 1 is 1.44 bits per heavy atom. The number of anilines is 1. The lowest BCUT2D eigenvalue weighted by Crippen LogP contribution is -2.34.